The van der Waals surface area contributed by atoms with Crippen LogP contribution in [0.4, 0.5) is 0 Å². The normalized spacial score (nSPS) is 15.3. The van der Waals surface area contributed by atoms with Crippen LogP contribution in [0.5, 0.6) is 11.5 Å². The fraction of sp³-hybridized carbons (Fsp3) is 0.650. The van der Waals surface area contributed by atoms with Crippen LogP contribution in [0.2, 0.25) is 0 Å². The maximum absolute atomic E-state index is 5.98. The molecular formula is C20H35IN4O2. The summed E-state index contributed by atoms with van der Waals surface area (Å²) < 4.78 is 10.6. The summed E-state index contributed by atoms with van der Waals surface area (Å²) in [7, 11) is 5.50. The van der Waals surface area contributed by atoms with Gasteiger partial charge in [-0.05, 0) is 50.6 Å². The lowest BCUT2D eigenvalue weighted by molar-refractivity contribution is 0.190. The largest absolute Gasteiger partial charge is 0.493 e. The van der Waals surface area contributed by atoms with Crippen LogP contribution in [0.1, 0.15) is 44.1 Å². The van der Waals surface area contributed by atoms with Crippen molar-refractivity contribution >= 4 is 29.9 Å². The van der Waals surface area contributed by atoms with Gasteiger partial charge in [0.05, 0.1) is 20.8 Å². The molecule has 0 unspecified atom stereocenters. The summed E-state index contributed by atoms with van der Waals surface area (Å²) in [6.07, 6.45) is 7.92. The van der Waals surface area contributed by atoms with E-state index in [9.17, 15) is 0 Å². The van der Waals surface area contributed by atoms with Gasteiger partial charge < -0.3 is 25.4 Å². The molecule has 1 fully saturated rings. The van der Waals surface area contributed by atoms with Crippen molar-refractivity contribution in [3.05, 3.63) is 23.8 Å². The van der Waals surface area contributed by atoms with Crippen LogP contribution in [0.15, 0.2) is 23.2 Å². The van der Waals surface area contributed by atoms with Crippen LogP contribution in [0.3, 0.4) is 0 Å². The van der Waals surface area contributed by atoms with Crippen molar-refractivity contribution in [2.75, 3.05) is 34.4 Å². The zero-order valence-electron chi connectivity index (χ0n) is 16.9. The Morgan fingerprint density at radius 1 is 1.19 bits per heavy atom. The number of nitrogens with one attached hydrogen (secondary N) is 1. The van der Waals surface area contributed by atoms with E-state index in [2.05, 4.69) is 22.3 Å². The lowest BCUT2D eigenvalue weighted by atomic mass is 9.94. The van der Waals surface area contributed by atoms with E-state index in [-0.39, 0.29) is 24.0 Å². The van der Waals surface area contributed by atoms with Gasteiger partial charge in [0, 0.05) is 12.6 Å². The van der Waals surface area contributed by atoms with Crippen LogP contribution in [0, 0.1) is 0 Å². The van der Waals surface area contributed by atoms with Crippen molar-refractivity contribution in [1.82, 2.24) is 10.2 Å². The standard InChI is InChI=1S/C20H34N4O2.HI/c1-24(17-8-5-4-6-9-17)13-7-12-22-20(21)23-15-16-10-11-18(25-2)19(14-16)26-3;/h10-11,14,17H,4-9,12-13,15H2,1-3H3,(H3,21,22,23);1H. The highest BCUT2D eigenvalue weighted by Crippen LogP contribution is 2.27. The molecule has 0 saturated heterocycles. The Labute approximate surface area is 180 Å². The van der Waals surface area contributed by atoms with E-state index in [1.54, 1.807) is 14.2 Å². The zero-order chi connectivity index (χ0) is 18.8. The van der Waals surface area contributed by atoms with Crippen molar-refractivity contribution in [1.29, 1.82) is 0 Å². The number of aliphatic imine (C=N–C) groups is 1. The van der Waals surface area contributed by atoms with Gasteiger partial charge in [-0.2, -0.15) is 0 Å². The molecule has 3 N–H and O–H groups in total. The monoisotopic (exact) mass is 490 g/mol. The van der Waals surface area contributed by atoms with Crippen LogP contribution in [0.25, 0.3) is 0 Å². The molecule has 0 atom stereocenters. The average Bonchev–Trinajstić information content (AvgIpc) is 2.69. The van der Waals surface area contributed by atoms with E-state index >= 15 is 0 Å². The highest BCUT2D eigenvalue weighted by Gasteiger charge is 2.17. The lowest BCUT2D eigenvalue weighted by Crippen LogP contribution is -2.37. The van der Waals surface area contributed by atoms with E-state index in [0.717, 1.165) is 31.1 Å². The van der Waals surface area contributed by atoms with Gasteiger partial charge in [0.1, 0.15) is 0 Å². The molecule has 154 valence electrons. The molecule has 1 aromatic rings. The van der Waals surface area contributed by atoms with E-state index in [1.807, 2.05) is 18.2 Å². The lowest BCUT2D eigenvalue weighted by Gasteiger charge is -2.31. The molecule has 0 amide bonds. The van der Waals surface area contributed by atoms with Crippen LogP contribution < -0.4 is 20.5 Å². The first-order chi connectivity index (χ1) is 12.6. The summed E-state index contributed by atoms with van der Waals surface area (Å²) >= 11 is 0. The molecule has 0 bridgehead atoms. The molecular weight excluding hydrogens is 455 g/mol. The summed E-state index contributed by atoms with van der Waals surface area (Å²) in [5, 5.41) is 3.21. The van der Waals surface area contributed by atoms with Crippen molar-refractivity contribution in [3.8, 4) is 11.5 Å². The Morgan fingerprint density at radius 2 is 1.89 bits per heavy atom. The summed E-state index contributed by atoms with van der Waals surface area (Å²) in [6.45, 7) is 2.46. The third kappa shape index (κ3) is 8.13. The molecule has 1 aliphatic rings. The van der Waals surface area contributed by atoms with Crippen molar-refractivity contribution in [2.24, 2.45) is 10.7 Å². The second-order valence-corrected chi connectivity index (χ2v) is 6.94. The van der Waals surface area contributed by atoms with Crippen molar-refractivity contribution in [2.45, 2.75) is 51.1 Å². The van der Waals surface area contributed by atoms with Gasteiger partial charge in [-0.15, -0.1) is 24.0 Å². The van der Waals surface area contributed by atoms with Gasteiger partial charge in [0.2, 0.25) is 0 Å². The number of nitrogens with two attached hydrogens (primary N) is 1. The predicted molar refractivity (Wildman–Crippen MR) is 122 cm³/mol. The summed E-state index contributed by atoms with van der Waals surface area (Å²) in [4.78, 5) is 6.90. The number of guanidine groups is 1. The maximum Gasteiger partial charge on any atom is 0.188 e. The summed E-state index contributed by atoms with van der Waals surface area (Å²) in [6, 6.07) is 6.54. The number of methoxy groups -OCH3 is 2. The quantitative estimate of drug-likeness (QED) is 0.240. The first-order valence-corrected chi connectivity index (χ1v) is 9.59. The first-order valence-electron chi connectivity index (χ1n) is 9.59. The highest BCUT2D eigenvalue weighted by molar-refractivity contribution is 14.0. The predicted octanol–water partition coefficient (Wildman–Crippen LogP) is 3.38. The van der Waals surface area contributed by atoms with E-state index in [4.69, 9.17) is 15.2 Å². The average molecular weight is 490 g/mol. The number of hydrogen-bond donors (Lipinski definition) is 2. The number of halogens is 1. The van der Waals surface area contributed by atoms with Crippen molar-refractivity contribution < 1.29 is 9.47 Å². The van der Waals surface area contributed by atoms with Gasteiger partial charge in [0.15, 0.2) is 17.5 Å². The Hall–Kier alpha value is -1.22. The van der Waals surface area contributed by atoms with Crippen LogP contribution >= 0.6 is 24.0 Å². The molecule has 0 heterocycles. The fourth-order valence-corrected chi connectivity index (χ4v) is 3.46. The zero-order valence-corrected chi connectivity index (χ0v) is 19.2. The van der Waals surface area contributed by atoms with Gasteiger partial charge in [-0.25, -0.2) is 4.99 Å². The van der Waals surface area contributed by atoms with E-state index in [1.165, 1.54) is 32.1 Å². The second kappa shape index (κ2) is 13.0. The number of ether oxygens (including phenoxy) is 2. The van der Waals surface area contributed by atoms with E-state index < -0.39 is 0 Å². The SMILES string of the molecule is COc1ccc(CN=C(N)NCCCN(C)C2CCCCC2)cc1OC.I. The summed E-state index contributed by atoms with van der Waals surface area (Å²) in [5.41, 5.74) is 7.01. The number of benzene rings is 1. The Balaban J connectivity index is 0.00000364. The van der Waals surface area contributed by atoms with Gasteiger partial charge in [-0.3, -0.25) is 0 Å². The van der Waals surface area contributed by atoms with Crippen molar-refractivity contribution in [3.63, 3.8) is 0 Å². The third-order valence-corrected chi connectivity index (χ3v) is 5.07. The molecule has 0 aromatic heterocycles. The Bertz CT molecular complexity index is 577. The van der Waals surface area contributed by atoms with Crippen LogP contribution in [-0.2, 0) is 6.54 Å². The minimum Gasteiger partial charge on any atom is -0.493 e. The maximum atomic E-state index is 5.98. The molecule has 0 aliphatic heterocycles. The molecule has 2 rings (SSSR count). The molecule has 6 nitrogen and oxygen atoms in total. The Morgan fingerprint density at radius 3 is 2.56 bits per heavy atom. The van der Waals surface area contributed by atoms with Crippen LogP contribution in [-0.4, -0.2) is 51.3 Å². The number of nitrogens with zero attached hydrogens (tertiary/aromatic N) is 2. The highest BCUT2D eigenvalue weighted by atomic mass is 127. The van der Waals surface area contributed by atoms with Gasteiger partial charge >= 0.3 is 0 Å². The molecule has 27 heavy (non-hydrogen) atoms. The number of rotatable bonds is 9. The number of hydrogen-bond acceptors (Lipinski definition) is 4. The molecule has 1 aliphatic carbocycles. The molecule has 1 saturated carbocycles. The topological polar surface area (TPSA) is 72.1 Å². The first kappa shape index (κ1) is 23.8. The second-order valence-electron chi connectivity index (χ2n) is 6.94. The molecule has 0 spiro atoms. The minimum absolute atomic E-state index is 0. The fourth-order valence-electron chi connectivity index (χ4n) is 3.46. The van der Waals surface area contributed by atoms with E-state index in [0.29, 0.717) is 24.0 Å². The minimum atomic E-state index is 0. The third-order valence-electron chi connectivity index (χ3n) is 5.07. The molecule has 1 aromatic carbocycles. The Kier molecular flexibility index (Phi) is 11.5. The summed E-state index contributed by atoms with van der Waals surface area (Å²) in [5.74, 6) is 1.91. The molecule has 0 radical (unpaired) electrons. The molecule has 7 heteroatoms. The van der Waals surface area contributed by atoms with Gasteiger partial charge in [0.25, 0.3) is 0 Å². The van der Waals surface area contributed by atoms with Gasteiger partial charge in [-0.1, -0.05) is 25.3 Å². The smallest absolute Gasteiger partial charge is 0.188 e.